The van der Waals surface area contributed by atoms with Gasteiger partial charge in [-0.3, -0.25) is 4.90 Å². The molecule has 2 aliphatic heterocycles. The second kappa shape index (κ2) is 11.5. The van der Waals surface area contributed by atoms with E-state index in [1.165, 1.54) is 5.56 Å². The van der Waals surface area contributed by atoms with Crippen molar-refractivity contribution in [3.05, 3.63) is 41.5 Å². The molecule has 0 N–H and O–H groups in total. The second-order valence-electron chi connectivity index (χ2n) is 10.3. The maximum absolute atomic E-state index is 10.5. The number of nitrogens with zero attached hydrogens (tertiary/aromatic N) is 2. The van der Waals surface area contributed by atoms with Crippen LogP contribution in [0, 0.1) is 22.7 Å². The minimum Gasteiger partial charge on any atom is -0.493 e. The standard InChI is InChI=1S/C30H40N2O5/c1-7-20(2)30(19-31,27-18-36-24-12-8-9-13-25(24)37-27)14-10-11-22-15-21-16-26(33-4)29(35-6)28(34-5)23(21)17-32(22)3/h8-9,12-13,16,20,22,27H,7,10-11,14-15,17-18H2,1-6H3. The number of hydrogen-bond acceptors (Lipinski definition) is 7. The third-order valence-electron chi connectivity index (χ3n) is 8.42. The van der Waals surface area contributed by atoms with E-state index < -0.39 is 5.41 Å². The zero-order valence-electron chi connectivity index (χ0n) is 23.0. The summed E-state index contributed by atoms with van der Waals surface area (Å²) >= 11 is 0. The van der Waals surface area contributed by atoms with E-state index in [1.54, 1.807) is 21.3 Å². The maximum Gasteiger partial charge on any atom is 0.203 e. The van der Waals surface area contributed by atoms with Gasteiger partial charge in [0.15, 0.2) is 29.1 Å². The number of fused-ring (bicyclic) bond motifs is 2. The van der Waals surface area contributed by atoms with Crippen LogP contribution >= 0.6 is 0 Å². The molecule has 0 radical (unpaired) electrons. The topological polar surface area (TPSA) is 73.2 Å². The van der Waals surface area contributed by atoms with Crippen LogP contribution in [0.2, 0.25) is 0 Å². The van der Waals surface area contributed by atoms with Gasteiger partial charge >= 0.3 is 0 Å². The normalized spacial score (nSPS) is 21.2. The molecule has 0 saturated heterocycles. The van der Waals surface area contributed by atoms with Crippen LogP contribution in [0.4, 0.5) is 0 Å². The monoisotopic (exact) mass is 508 g/mol. The number of para-hydroxylation sites is 2. The Kier molecular flexibility index (Phi) is 8.39. The van der Waals surface area contributed by atoms with Crippen LogP contribution in [0.5, 0.6) is 28.7 Å². The van der Waals surface area contributed by atoms with E-state index in [0.29, 0.717) is 24.1 Å². The SMILES string of the molecule is CCC(C)C(C#N)(CCCC1Cc2cc(OC)c(OC)c(OC)c2CN1C)C1COc2ccccc2O1. The average molecular weight is 509 g/mol. The summed E-state index contributed by atoms with van der Waals surface area (Å²) in [6.45, 7) is 5.49. The zero-order chi connectivity index (χ0) is 26.6. The molecule has 4 unspecified atom stereocenters. The zero-order valence-corrected chi connectivity index (χ0v) is 23.0. The molecule has 200 valence electrons. The lowest BCUT2D eigenvalue weighted by atomic mass is 9.68. The molecule has 2 aliphatic rings. The van der Waals surface area contributed by atoms with Crippen molar-refractivity contribution in [2.45, 2.75) is 64.6 Å². The van der Waals surface area contributed by atoms with E-state index in [9.17, 15) is 5.26 Å². The number of rotatable bonds is 10. The van der Waals surface area contributed by atoms with Gasteiger partial charge in [-0.25, -0.2) is 0 Å². The first kappa shape index (κ1) is 26.9. The number of methoxy groups -OCH3 is 3. The fourth-order valence-corrected chi connectivity index (χ4v) is 5.96. The Hall–Kier alpha value is -3.11. The van der Waals surface area contributed by atoms with Crippen molar-refractivity contribution in [2.75, 3.05) is 35.0 Å². The van der Waals surface area contributed by atoms with Gasteiger partial charge in [-0.05, 0) is 56.0 Å². The molecule has 0 aromatic heterocycles. The molecule has 4 atom stereocenters. The highest BCUT2D eigenvalue weighted by atomic mass is 16.6. The third-order valence-corrected chi connectivity index (χ3v) is 8.42. The molecule has 0 saturated carbocycles. The van der Waals surface area contributed by atoms with Gasteiger partial charge in [0.05, 0.1) is 27.4 Å². The number of likely N-dealkylation sites (N-methyl/N-ethyl adjacent to an activating group) is 1. The smallest absolute Gasteiger partial charge is 0.203 e. The Morgan fingerprint density at radius 1 is 1.14 bits per heavy atom. The Labute approximate surface area is 221 Å². The molecule has 7 heteroatoms. The largest absolute Gasteiger partial charge is 0.493 e. The van der Waals surface area contributed by atoms with Crippen LogP contribution in [0.3, 0.4) is 0 Å². The molecular formula is C30H40N2O5. The van der Waals surface area contributed by atoms with Crippen LogP contribution in [0.1, 0.15) is 50.7 Å². The second-order valence-corrected chi connectivity index (χ2v) is 10.3. The van der Waals surface area contributed by atoms with E-state index in [1.807, 2.05) is 24.3 Å². The molecule has 2 aromatic carbocycles. The number of nitriles is 1. The highest BCUT2D eigenvalue weighted by Crippen LogP contribution is 2.46. The fraction of sp³-hybridized carbons (Fsp3) is 0.567. The number of benzene rings is 2. The Morgan fingerprint density at radius 2 is 1.86 bits per heavy atom. The molecule has 0 amide bonds. The van der Waals surface area contributed by atoms with Crippen LogP contribution in [-0.2, 0) is 13.0 Å². The summed E-state index contributed by atoms with van der Waals surface area (Å²) in [4.78, 5) is 2.38. The third kappa shape index (κ3) is 5.04. The summed E-state index contributed by atoms with van der Waals surface area (Å²) in [6, 6.07) is 12.9. The number of hydrogen-bond donors (Lipinski definition) is 0. The lowest BCUT2D eigenvalue weighted by Gasteiger charge is -2.42. The highest BCUT2D eigenvalue weighted by Gasteiger charge is 2.47. The minimum atomic E-state index is -0.618. The molecular weight excluding hydrogens is 468 g/mol. The van der Waals surface area contributed by atoms with Gasteiger partial charge in [0, 0.05) is 18.2 Å². The van der Waals surface area contributed by atoms with Crippen LogP contribution in [0.15, 0.2) is 30.3 Å². The van der Waals surface area contributed by atoms with E-state index in [-0.39, 0.29) is 12.0 Å². The first-order valence-corrected chi connectivity index (χ1v) is 13.2. The highest BCUT2D eigenvalue weighted by molar-refractivity contribution is 5.60. The van der Waals surface area contributed by atoms with E-state index in [4.69, 9.17) is 23.7 Å². The van der Waals surface area contributed by atoms with Crippen molar-refractivity contribution < 1.29 is 23.7 Å². The van der Waals surface area contributed by atoms with Gasteiger partial charge in [0.1, 0.15) is 12.0 Å². The first-order chi connectivity index (χ1) is 17.9. The van der Waals surface area contributed by atoms with Crippen molar-refractivity contribution >= 4 is 0 Å². The van der Waals surface area contributed by atoms with Gasteiger partial charge in [-0.15, -0.1) is 0 Å². The summed E-state index contributed by atoms with van der Waals surface area (Å²) in [5.74, 6) is 3.73. The number of ether oxygens (including phenoxy) is 5. The summed E-state index contributed by atoms with van der Waals surface area (Å²) in [5, 5.41) is 10.5. The predicted octanol–water partition coefficient (Wildman–Crippen LogP) is 5.64. The van der Waals surface area contributed by atoms with Gasteiger partial charge in [-0.1, -0.05) is 38.8 Å². The molecule has 0 aliphatic carbocycles. The van der Waals surface area contributed by atoms with E-state index >= 15 is 0 Å². The lowest BCUT2D eigenvalue weighted by molar-refractivity contribution is -0.0166. The first-order valence-electron chi connectivity index (χ1n) is 13.2. The van der Waals surface area contributed by atoms with Gasteiger partial charge in [-0.2, -0.15) is 5.26 Å². The van der Waals surface area contributed by atoms with Crippen molar-refractivity contribution in [3.63, 3.8) is 0 Å². The fourth-order valence-electron chi connectivity index (χ4n) is 5.96. The molecule has 0 bridgehead atoms. The van der Waals surface area contributed by atoms with E-state index in [2.05, 4.69) is 37.9 Å². The molecule has 2 aromatic rings. The van der Waals surface area contributed by atoms with Crippen molar-refractivity contribution in [1.82, 2.24) is 4.90 Å². The Morgan fingerprint density at radius 3 is 2.51 bits per heavy atom. The Balaban J connectivity index is 1.50. The summed E-state index contributed by atoms with van der Waals surface area (Å²) in [7, 11) is 7.13. The molecule has 2 heterocycles. The molecule has 37 heavy (non-hydrogen) atoms. The van der Waals surface area contributed by atoms with Gasteiger partial charge in [0.25, 0.3) is 0 Å². The molecule has 4 rings (SSSR count). The van der Waals surface area contributed by atoms with Crippen LogP contribution < -0.4 is 23.7 Å². The lowest BCUT2D eigenvalue weighted by Crippen LogP contribution is -2.48. The summed E-state index contributed by atoms with van der Waals surface area (Å²) < 4.78 is 29.4. The van der Waals surface area contributed by atoms with Crippen molar-refractivity contribution in [2.24, 2.45) is 11.3 Å². The predicted molar refractivity (Wildman–Crippen MR) is 143 cm³/mol. The van der Waals surface area contributed by atoms with Crippen LogP contribution in [0.25, 0.3) is 0 Å². The van der Waals surface area contributed by atoms with Crippen LogP contribution in [-0.4, -0.2) is 52.0 Å². The molecule has 7 nitrogen and oxygen atoms in total. The maximum atomic E-state index is 10.5. The van der Waals surface area contributed by atoms with Gasteiger partial charge < -0.3 is 23.7 Å². The molecule has 0 fully saturated rings. The van der Waals surface area contributed by atoms with E-state index in [0.717, 1.165) is 61.5 Å². The average Bonchev–Trinajstić information content (AvgIpc) is 2.94. The minimum absolute atomic E-state index is 0.183. The summed E-state index contributed by atoms with van der Waals surface area (Å²) in [6.07, 6.45) is 4.18. The molecule has 0 spiro atoms. The van der Waals surface area contributed by atoms with Gasteiger partial charge in [0.2, 0.25) is 5.75 Å². The Bertz CT molecular complexity index is 1130. The van der Waals surface area contributed by atoms with Crippen molar-refractivity contribution in [3.8, 4) is 34.8 Å². The van der Waals surface area contributed by atoms with Crippen molar-refractivity contribution in [1.29, 1.82) is 5.26 Å². The quantitative estimate of drug-likeness (QED) is 0.411. The summed E-state index contributed by atoms with van der Waals surface area (Å²) in [5.41, 5.74) is 1.76.